The van der Waals surface area contributed by atoms with Crippen molar-refractivity contribution in [2.45, 2.75) is 32.4 Å². The minimum absolute atomic E-state index is 0.0503. The zero-order chi connectivity index (χ0) is 27.5. The molecule has 1 aromatic heterocycles. The number of carbonyl (C=O) groups is 1. The van der Waals surface area contributed by atoms with E-state index < -0.39 is 0 Å². The van der Waals surface area contributed by atoms with Gasteiger partial charge in [-0.1, -0.05) is 48.5 Å². The first-order chi connectivity index (χ1) is 19.6. The van der Waals surface area contributed by atoms with E-state index in [0.29, 0.717) is 18.9 Å². The van der Waals surface area contributed by atoms with Gasteiger partial charge in [-0.2, -0.15) is 0 Å². The van der Waals surface area contributed by atoms with Gasteiger partial charge in [0, 0.05) is 23.1 Å². The van der Waals surface area contributed by atoms with Gasteiger partial charge in [0.1, 0.15) is 23.9 Å². The van der Waals surface area contributed by atoms with Crippen LogP contribution in [0.2, 0.25) is 0 Å². The Morgan fingerprint density at radius 3 is 2.58 bits per heavy atom. The van der Waals surface area contributed by atoms with Crippen LogP contribution in [0.1, 0.15) is 45.7 Å². The molecule has 0 fully saturated rings. The molecule has 0 radical (unpaired) electrons. The van der Waals surface area contributed by atoms with Crippen molar-refractivity contribution in [3.63, 3.8) is 0 Å². The fourth-order valence-corrected chi connectivity index (χ4v) is 5.52. The summed E-state index contributed by atoms with van der Waals surface area (Å²) in [5.41, 5.74) is 7.11. The fourth-order valence-electron chi connectivity index (χ4n) is 5.52. The Bertz CT molecular complexity index is 1630. The standard InChI is InChI=1S/C34H31FN2O3/c1-2-39-34(38)32-21-26-9-8-24(18-31(26)36-32)19-33-30-15-14-29(40-22-23-6-4-3-5-7-23)20-25(30)16-17-37(33)28-12-10-27(35)11-13-28/h3-15,18,20-21,33,36H,2,16-17,19,22H2,1H3. The number of fused-ring (bicyclic) bond motifs is 2. The third-order valence-corrected chi connectivity index (χ3v) is 7.49. The summed E-state index contributed by atoms with van der Waals surface area (Å²) in [5.74, 6) is 0.262. The quantitative estimate of drug-likeness (QED) is 0.211. The first-order valence-corrected chi connectivity index (χ1v) is 13.7. The molecule has 202 valence electrons. The Labute approximate surface area is 233 Å². The zero-order valence-corrected chi connectivity index (χ0v) is 22.4. The predicted molar refractivity (Wildman–Crippen MR) is 155 cm³/mol. The molecule has 0 bridgehead atoms. The molecule has 0 amide bonds. The number of carbonyl (C=O) groups excluding carboxylic acids is 1. The Balaban J connectivity index is 1.30. The second-order valence-corrected chi connectivity index (χ2v) is 10.1. The lowest BCUT2D eigenvalue weighted by Gasteiger charge is -2.39. The summed E-state index contributed by atoms with van der Waals surface area (Å²) in [7, 11) is 0. The minimum Gasteiger partial charge on any atom is -0.489 e. The van der Waals surface area contributed by atoms with Crippen LogP contribution in [0.4, 0.5) is 10.1 Å². The number of hydrogen-bond acceptors (Lipinski definition) is 4. The van der Waals surface area contributed by atoms with E-state index in [9.17, 15) is 9.18 Å². The molecule has 1 unspecified atom stereocenters. The molecule has 2 heterocycles. The van der Waals surface area contributed by atoms with Gasteiger partial charge in [-0.25, -0.2) is 9.18 Å². The molecule has 4 aromatic carbocycles. The molecule has 0 saturated carbocycles. The van der Waals surface area contributed by atoms with E-state index in [1.807, 2.05) is 48.5 Å². The third-order valence-electron chi connectivity index (χ3n) is 7.49. The second kappa shape index (κ2) is 11.3. The minimum atomic E-state index is -0.353. The Morgan fingerprint density at radius 2 is 1.77 bits per heavy atom. The Hall–Kier alpha value is -4.58. The molecule has 0 spiro atoms. The van der Waals surface area contributed by atoms with E-state index in [1.54, 1.807) is 6.92 Å². The van der Waals surface area contributed by atoms with Crippen molar-refractivity contribution in [1.82, 2.24) is 4.98 Å². The lowest BCUT2D eigenvalue weighted by atomic mass is 9.88. The highest BCUT2D eigenvalue weighted by Crippen LogP contribution is 2.38. The molecular formula is C34H31FN2O3. The smallest absolute Gasteiger partial charge is 0.354 e. The van der Waals surface area contributed by atoms with Gasteiger partial charge in [0.05, 0.1) is 12.6 Å². The molecular weight excluding hydrogens is 503 g/mol. The number of ether oxygens (including phenoxy) is 2. The summed E-state index contributed by atoms with van der Waals surface area (Å²) >= 11 is 0. The van der Waals surface area contributed by atoms with Crippen molar-refractivity contribution in [2.24, 2.45) is 0 Å². The normalized spacial score (nSPS) is 14.7. The number of aromatic nitrogens is 1. The number of hydrogen-bond donors (Lipinski definition) is 1. The van der Waals surface area contributed by atoms with Crippen molar-refractivity contribution in [2.75, 3.05) is 18.1 Å². The van der Waals surface area contributed by atoms with E-state index in [4.69, 9.17) is 9.47 Å². The van der Waals surface area contributed by atoms with Gasteiger partial charge in [-0.3, -0.25) is 0 Å². The molecule has 6 rings (SSSR count). The molecule has 40 heavy (non-hydrogen) atoms. The lowest BCUT2D eigenvalue weighted by molar-refractivity contribution is 0.0520. The van der Waals surface area contributed by atoms with Crippen molar-refractivity contribution in [1.29, 1.82) is 0 Å². The number of aromatic amines is 1. The largest absolute Gasteiger partial charge is 0.489 e. The fraction of sp³-hybridized carbons (Fsp3) is 0.206. The molecule has 5 aromatic rings. The second-order valence-electron chi connectivity index (χ2n) is 10.1. The molecule has 5 nitrogen and oxygen atoms in total. The molecule has 1 atom stereocenters. The van der Waals surface area contributed by atoms with Crippen LogP contribution < -0.4 is 9.64 Å². The number of benzene rings is 4. The Kier molecular flexibility index (Phi) is 7.23. The number of nitrogens with zero attached hydrogens (tertiary/aromatic N) is 1. The van der Waals surface area contributed by atoms with E-state index in [1.165, 1.54) is 23.3 Å². The van der Waals surface area contributed by atoms with E-state index in [2.05, 4.69) is 46.3 Å². The number of H-pyrrole nitrogens is 1. The van der Waals surface area contributed by atoms with Gasteiger partial charge in [0.2, 0.25) is 0 Å². The van der Waals surface area contributed by atoms with Crippen LogP contribution in [0.15, 0.2) is 97.1 Å². The highest BCUT2D eigenvalue weighted by Gasteiger charge is 2.28. The van der Waals surface area contributed by atoms with Crippen LogP contribution >= 0.6 is 0 Å². The van der Waals surface area contributed by atoms with E-state index in [-0.39, 0.29) is 17.8 Å². The van der Waals surface area contributed by atoms with Crippen molar-refractivity contribution < 1.29 is 18.7 Å². The van der Waals surface area contributed by atoms with Crippen LogP contribution in [-0.2, 0) is 24.2 Å². The molecule has 0 saturated heterocycles. The average Bonchev–Trinajstić information content (AvgIpc) is 3.41. The van der Waals surface area contributed by atoms with Crippen LogP contribution in [0.3, 0.4) is 0 Å². The van der Waals surface area contributed by atoms with Gasteiger partial charge in [-0.15, -0.1) is 0 Å². The lowest BCUT2D eigenvalue weighted by Crippen LogP contribution is -2.36. The number of halogens is 1. The monoisotopic (exact) mass is 534 g/mol. The summed E-state index contributed by atoms with van der Waals surface area (Å²) in [4.78, 5) is 17.8. The van der Waals surface area contributed by atoms with Gasteiger partial charge in [-0.05, 0) is 90.6 Å². The SMILES string of the molecule is CCOC(=O)c1cc2ccc(CC3c4ccc(OCc5ccccc5)cc4CCN3c3ccc(F)cc3)cc2[nH]1. The highest BCUT2D eigenvalue weighted by molar-refractivity contribution is 5.95. The first-order valence-electron chi connectivity index (χ1n) is 13.7. The summed E-state index contributed by atoms with van der Waals surface area (Å²) < 4.78 is 25.0. The third kappa shape index (κ3) is 5.43. The molecule has 6 heteroatoms. The van der Waals surface area contributed by atoms with Gasteiger partial charge in [0.15, 0.2) is 0 Å². The highest BCUT2D eigenvalue weighted by atomic mass is 19.1. The number of nitrogens with one attached hydrogen (secondary N) is 1. The maximum atomic E-state index is 13.8. The van der Waals surface area contributed by atoms with Crippen LogP contribution in [0.5, 0.6) is 5.75 Å². The molecule has 1 aliphatic rings. The maximum Gasteiger partial charge on any atom is 0.354 e. The van der Waals surface area contributed by atoms with Crippen LogP contribution in [0, 0.1) is 5.82 Å². The summed E-state index contributed by atoms with van der Waals surface area (Å²) in [6.45, 7) is 3.46. The molecule has 1 aliphatic heterocycles. The van der Waals surface area contributed by atoms with Crippen LogP contribution in [-0.4, -0.2) is 24.1 Å². The predicted octanol–water partition coefficient (Wildman–Crippen LogP) is 7.41. The van der Waals surface area contributed by atoms with E-state index in [0.717, 1.165) is 52.9 Å². The van der Waals surface area contributed by atoms with Crippen molar-refractivity contribution in [3.05, 3.63) is 131 Å². The van der Waals surface area contributed by atoms with Gasteiger partial charge in [0.25, 0.3) is 0 Å². The number of anilines is 1. The molecule has 0 aliphatic carbocycles. The van der Waals surface area contributed by atoms with Crippen LogP contribution in [0.25, 0.3) is 10.9 Å². The van der Waals surface area contributed by atoms with Crippen molar-refractivity contribution >= 4 is 22.6 Å². The van der Waals surface area contributed by atoms with E-state index >= 15 is 0 Å². The maximum absolute atomic E-state index is 13.8. The number of rotatable bonds is 8. The first kappa shape index (κ1) is 25.7. The average molecular weight is 535 g/mol. The number of esters is 1. The summed E-state index contributed by atoms with van der Waals surface area (Å²) in [6, 6.07) is 31.4. The van der Waals surface area contributed by atoms with Gasteiger partial charge < -0.3 is 19.4 Å². The topological polar surface area (TPSA) is 54.6 Å². The zero-order valence-electron chi connectivity index (χ0n) is 22.4. The summed E-state index contributed by atoms with van der Waals surface area (Å²) in [6.07, 6.45) is 1.61. The summed E-state index contributed by atoms with van der Waals surface area (Å²) in [5, 5.41) is 0.964. The molecule has 1 N–H and O–H groups in total. The van der Waals surface area contributed by atoms with Gasteiger partial charge >= 0.3 is 5.97 Å². The Morgan fingerprint density at radius 1 is 0.950 bits per heavy atom. The van der Waals surface area contributed by atoms with Crippen molar-refractivity contribution in [3.8, 4) is 5.75 Å².